The maximum atomic E-state index is 11.2. The third kappa shape index (κ3) is 4.49. The van der Waals surface area contributed by atoms with Crippen molar-refractivity contribution in [3.8, 4) is 5.75 Å². The molecule has 10 heteroatoms. The molecule has 5 atom stereocenters. The lowest BCUT2D eigenvalue weighted by Crippen LogP contribution is -2.45. The third-order valence-electron chi connectivity index (χ3n) is 8.03. The van der Waals surface area contributed by atoms with Gasteiger partial charge in [-0.15, -0.1) is 0 Å². The molecule has 1 saturated heterocycles. The van der Waals surface area contributed by atoms with E-state index in [1.807, 2.05) is 60.7 Å². The fourth-order valence-electron chi connectivity index (χ4n) is 5.79. The smallest absolute Gasteiger partial charge is 0.168 e. The van der Waals surface area contributed by atoms with Gasteiger partial charge in [-0.3, -0.25) is 4.57 Å². The Morgan fingerprint density at radius 3 is 2.07 bits per heavy atom. The lowest BCUT2D eigenvalue weighted by Gasteiger charge is -2.37. The Balaban J connectivity index is 1.53. The minimum absolute atomic E-state index is 0.390. The number of ether oxygens (including phenoxy) is 2. The van der Waals surface area contributed by atoms with Crippen LogP contribution < -0.4 is 10.1 Å². The molecule has 3 heterocycles. The Morgan fingerprint density at radius 2 is 1.52 bits per heavy atom. The van der Waals surface area contributed by atoms with Gasteiger partial charge in [-0.05, 0) is 42.7 Å². The summed E-state index contributed by atoms with van der Waals surface area (Å²) >= 11 is 0. The first-order chi connectivity index (χ1) is 20.3. The molecule has 42 heavy (non-hydrogen) atoms. The number of imidazole rings is 1. The zero-order chi connectivity index (χ0) is 29.5. The fraction of sp³-hybridized carbons (Fsp3) is 0.281. The van der Waals surface area contributed by atoms with Gasteiger partial charge < -0.3 is 30.1 Å². The highest BCUT2D eigenvalue weighted by atomic mass is 16.6. The number of aromatic nitrogens is 4. The topological polar surface area (TPSA) is 135 Å². The minimum atomic E-state index is -1.71. The summed E-state index contributed by atoms with van der Waals surface area (Å²) in [5.41, 5.74) is 1.10. The van der Waals surface area contributed by atoms with Crippen LogP contribution in [0.15, 0.2) is 97.6 Å². The highest BCUT2D eigenvalue weighted by molar-refractivity contribution is 5.84. The van der Waals surface area contributed by atoms with Crippen LogP contribution in [0.3, 0.4) is 0 Å². The first-order valence-electron chi connectivity index (χ1n) is 13.7. The number of hydrogen-bond donors (Lipinski definition) is 4. The Bertz CT molecular complexity index is 1620. The molecule has 0 spiro atoms. The van der Waals surface area contributed by atoms with E-state index in [0.29, 0.717) is 17.0 Å². The molecule has 6 rings (SSSR count). The van der Waals surface area contributed by atoms with E-state index in [9.17, 15) is 15.3 Å². The van der Waals surface area contributed by atoms with Crippen molar-refractivity contribution in [1.29, 1.82) is 0 Å². The van der Waals surface area contributed by atoms with Crippen molar-refractivity contribution in [3.05, 3.63) is 114 Å². The van der Waals surface area contributed by atoms with Crippen LogP contribution in [-0.2, 0) is 10.3 Å². The van der Waals surface area contributed by atoms with Crippen LogP contribution in [0.5, 0.6) is 5.75 Å². The molecule has 0 aliphatic carbocycles. The van der Waals surface area contributed by atoms with Crippen LogP contribution in [-0.4, -0.2) is 65.9 Å². The van der Waals surface area contributed by atoms with Crippen molar-refractivity contribution >= 4 is 17.0 Å². The summed E-state index contributed by atoms with van der Waals surface area (Å²) in [4.78, 5) is 13.7. The highest BCUT2D eigenvalue weighted by Gasteiger charge is 2.55. The predicted molar refractivity (Wildman–Crippen MR) is 157 cm³/mol. The van der Waals surface area contributed by atoms with Crippen LogP contribution in [0.25, 0.3) is 11.2 Å². The Morgan fingerprint density at radius 1 is 0.929 bits per heavy atom. The molecule has 3 aromatic carbocycles. The average Bonchev–Trinajstić information content (AvgIpc) is 3.55. The second-order valence-electron chi connectivity index (χ2n) is 10.7. The zero-order valence-corrected chi connectivity index (χ0v) is 23.5. The molecule has 216 valence electrons. The fourth-order valence-corrected chi connectivity index (χ4v) is 5.79. The number of methoxy groups -OCH3 is 1. The van der Waals surface area contributed by atoms with Crippen LogP contribution in [0.1, 0.15) is 36.8 Å². The van der Waals surface area contributed by atoms with Crippen molar-refractivity contribution in [3.63, 3.8) is 0 Å². The SMILES string of the molecule is COc1ccc(C(Nc2ncnc3c2ncn3[C@@H]2O[C@H]([C@H](C)O)[C@@H](O)[C@@]2(C)O)(c2ccccc2)c2ccccc2)cc1. The highest BCUT2D eigenvalue weighted by Crippen LogP contribution is 2.43. The van der Waals surface area contributed by atoms with E-state index < -0.39 is 35.7 Å². The van der Waals surface area contributed by atoms with Crippen LogP contribution in [0, 0.1) is 0 Å². The normalized spacial score (nSPS) is 23.1. The van der Waals surface area contributed by atoms with Gasteiger partial charge in [-0.1, -0.05) is 72.8 Å². The van der Waals surface area contributed by atoms with E-state index in [0.717, 1.165) is 22.4 Å². The van der Waals surface area contributed by atoms with Crippen molar-refractivity contribution in [1.82, 2.24) is 19.5 Å². The van der Waals surface area contributed by atoms with Crippen molar-refractivity contribution < 1.29 is 24.8 Å². The summed E-state index contributed by atoms with van der Waals surface area (Å²) in [5, 5.41) is 35.8. The van der Waals surface area contributed by atoms with Crippen LogP contribution in [0.4, 0.5) is 5.82 Å². The first-order valence-corrected chi connectivity index (χ1v) is 13.7. The summed E-state index contributed by atoms with van der Waals surface area (Å²) in [6, 6.07) is 28.0. The molecule has 0 bridgehead atoms. The van der Waals surface area contributed by atoms with Gasteiger partial charge >= 0.3 is 0 Å². The molecule has 1 fully saturated rings. The van der Waals surface area contributed by atoms with Gasteiger partial charge in [0.1, 0.15) is 35.4 Å². The number of rotatable bonds is 8. The van der Waals surface area contributed by atoms with Crippen molar-refractivity contribution in [2.75, 3.05) is 12.4 Å². The number of anilines is 1. The maximum Gasteiger partial charge on any atom is 0.168 e. The van der Waals surface area contributed by atoms with Crippen LogP contribution in [0.2, 0.25) is 0 Å². The largest absolute Gasteiger partial charge is 0.497 e. The molecule has 2 aromatic heterocycles. The number of benzene rings is 3. The molecule has 0 saturated carbocycles. The number of hydrogen-bond acceptors (Lipinski definition) is 9. The Labute approximate surface area is 243 Å². The van der Waals surface area contributed by atoms with Gasteiger partial charge in [0.05, 0.1) is 19.5 Å². The quantitative estimate of drug-likeness (QED) is 0.207. The Kier molecular flexibility index (Phi) is 7.15. The molecule has 0 radical (unpaired) electrons. The molecule has 5 aromatic rings. The second-order valence-corrected chi connectivity index (χ2v) is 10.7. The number of nitrogens with zero attached hydrogens (tertiary/aromatic N) is 4. The van der Waals surface area contributed by atoms with Crippen molar-refractivity contribution in [2.45, 2.75) is 49.5 Å². The first kappa shape index (κ1) is 27.8. The predicted octanol–water partition coefficient (Wildman–Crippen LogP) is 3.63. The molecular formula is C32H33N5O5. The van der Waals surface area contributed by atoms with E-state index in [2.05, 4.69) is 44.5 Å². The number of aliphatic hydroxyl groups is 3. The average molecular weight is 568 g/mol. The standard InChI is InChI=1S/C32H33N5O5/c1-20(38)26-27(39)31(2,40)30(42-26)37-19-35-25-28(33-18-34-29(25)37)36-32(21-10-6-4-7-11-21,22-12-8-5-9-13-22)23-14-16-24(41-3)17-15-23/h4-20,26-27,30,38-40H,1-3H3,(H,33,34,36)/t20-,26+,27+,30+,31+/m0/s1. The van der Waals surface area contributed by atoms with E-state index in [-0.39, 0.29) is 0 Å². The molecule has 10 nitrogen and oxygen atoms in total. The lowest BCUT2D eigenvalue weighted by atomic mass is 9.77. The van der Waals surface area contributed by atoms with Gasteiger partial charge in [0, 0.05) is 0 Å². The van der Waals surface area contributed by atoms with Crippen molar-refractivity contribution in [2.24, 2.45) is 0 Å². The summed E-state index contributed by atoms with van der Waals surface area (Å²) in [6.07, 6.45) is -1.43. The van der Waals surface area contributed by atoms with Gasteiger partial charge in [0.2, 0.25) is 0 Å². The molecule has 4 N–H and O–H groups in total. The summed E-state index contributed by atoms with van der Waals surface area (Å²) in [7, 11) is 1.64. The molecular weight excluding hydrogens is 534 g/mol. The van der Waals surface area contributed by atoms with E-state index in [1.54, 1.807) is 11.7 Å². The van der Waals surface area contributed by atoms with Gasteiger partial charge in [-0.2, -0.15) is 0 Å². The van der Waals surface area contributed by atoms with Crippen LogP contribution >= 0.6 is 0 Å². The summed E-state index contributed by atoms with van der Waals surface area (Å²) in [5.74, 6) is 1.19. The monoisotopic (exact) mass is 567 g/mol. The summed E-state index contributed by atoms with van der Waals surface area (Å²) < 4.78 is 13.0. The number of aliphatic hydroxyl groups excluding tert-OH is 2. The second kappa shape index (κ2) is 10.8. The van der Waals surface area contributed by atoms with E-state index >= 15 is 0 Å². The number of fused-ring (bicyclic) bond motifs is 1. The number of nitrogens with one attached hydrogen (secondary N) is 1. The van der Waals surface area contributed by atoms with Gasteiger partial charge in [0.25, 0.3) is 0 Å². The molecule has 0 unspecified atom stereocenters. The lowest BCUT2D eigenvalue weighted by molar-refractivity contribution is -0.0987. The minimum Gasteiger partial charge on any atom is -0.497 e. The summed E-state index contributed by atoms with van der Waals surface area (Å²) in [6.45, 7) is 2.98. The van der Waals surface area contributed by atoms with E-state index in [4.69, 9.17) is 9.47 Å². The van der Waals surface area contributed by atoms with E-state index in [1.165, 1.54) is 26.5 Å². The molecule has 0 amide bonds. The van der Waals surface area contributed by atoms with Gasteiger partial charge in [0.15, 0.2) is 23.2 Å². The zero-order valence-electron chi connectivity index (χ0n) is 23.5. The van der Waals surface area contributed by atoms with Gasteiger partial charge in [-0.25, -0.2) is 15.0 Å². The molecule has 1 aliphatic rings. The Hall–Kier alpha value is -4.35. The third-order valence-corrected chi connectivity index (χ3v) is 8.03. The maximum absolute atomic E-state index is 11.2. The molecule has 1 aliphatic heterocycles.